The van der Waals surface area contributed by atoms with Crippen LogP contribution in [0.25, 0.3) is 0 Å². The maximum atomic E-state index is 8.71. The third kappa shape index (κ3) is 5.68. The van der Waals surface area contributed by atoms with E-state index >= 15 is 0 Å². The molecule has 0 amide bonds. The molecule has 1 fully saturated rings. The number of nitrogens with one attached hydrogen (secondary N) is 1. The molecule has 1 aliphatic rings. The highest BCUT2D eigenvalue weighted by Crippen LogP contribution is 2.17. The molecule has 0 aromatic heterocycles. The van der Waals surface area contributed by atoms with E-state index in [1.165, 1.54) is 32.1 Å². The van der Waals surface area contributed by atoms with Gasteiger partial charge in [0.1, 0.15) is 0 Å². The van der Waals surface area contributed by atoms with E-state index in [9.17, 15) is 0 Å². The van der Waals surface area contributed by atoms with Crippen molar-refractivity contribution in [3.8, 4) is 6.07 Å². The first kappa shape index (κ1) is 15.2. The molecular weight excluding hydrogens is 242 g/mol. The van der Waals surface area contributed by atoms with Gasteiger partial charge in [-0.05, 0) is 31.0 Å². The molecule has 0 aromatic carbocycles. The standard InChI is InChI=1S/C14H25N3S/c1-12(2)11-17(10-6-9-15)14(18)16-13-7-4-3-5-8-13/h12-13H,3-8,10-11H2,1-2H3,(H,16,18). The van der Waals surface area contributed by atoms with Gasteiger partial charge in [-0.1, -0.05) is 33.1 Å². The Hall–Kier alpha value is -0.820. The van der Waals surface area contributed by atoms with E-state index in [0.29, 0.717) is 18.4 Å². The first-order valence-electron chi connectivity index (χ1n) is 7.06. The van der Waals surface area contributed by atoms with E-state index < -0.39 is 0 Å². The maximum Gasteiger partial charge on any atom is 0.169 e. The molecule has 0 heterocycles. The second-order valence-electron chi connectivity index (χ2n) is 5.53. The summed E-state index contributed by atoms with van der Waals surface area (Å²) in [6.45, 7) is 6.04. The summed E-state index contributed by atoms with van der Waals surface area (Å²) in [5, 5.41) is 13.0. The third-order valence-corrected chi connectivity index (χ3v) is 3.68. The van der Waals surface area contributed by atoms with Crippen molar-refractivity contribution in [2.75, 3.05) is 13.1 Å². The van der Waals surface area contributed by atoms with Crippen molar-refractivity contribution in [1.29, 1.82) is 5.26 Å². The lowest BCUT2D eigenvalue weighted by Gasteiger charge is -2.31. The minimum absolute atomic E-state index is 0.541. The predicted molar refractivity (Wildman–Crippen MR) is 79.2 cm³/mol. The van der Waals surface area contributed by atoms with Crippen molar-refractivity contribution in [2.24, 2.45) is 5.92 Å². The van der Waals surface area contributed by atoms with Crippen LogP contribution in [-0.2, 0) is 0 Å². The molecule has 18 heavy (non-hydrogen) atoms. The maximum absolute atomic E-state index is 8.71. The zero-order chi connectivity index (χ0) is 13.4. The second-order valence-corrected chi connectivity index (χ2v) is 5.92. The van der Waals surface area contributed by atoms with Crippen molar-refractivity contribution < 1.29 is 0 Å². The fourth-order valence-electron chi connectivity index (χ4n) is 2.41. The Kier molecular flexibility index (Phi) is 7.04. The van der Waals surface area contributed by atoms with Gasteiger partial charge in [-0.3, -0.25) is 0 Å². The molecule has 0 radical (unpaired) electrons. The summed E-state index contributed by atoms with van der Waals surface area (Å²) in [4.78, 5) is 2.15. The lowest BCUT2D eigenvalue weighted by Crippen LogP contribution is -2.46. The zero-order valence-corrected chi connectivity index (χ0v) is 12.4. The van der Waals surface area contributed by atoms with Crippen molar-refractivity contribution >= 4 is 17.3 Å². The Balaban J connectivity index is 2.44. The number of nitriles is 1. The van der Waals surface area contributed by atoms with Crippen LogP contribution in [0.3, 0.4) is 0 Å². The SMILES string of the molecule is CC(C)CN(CCC#N)C(=S)NC1CCCCC1. The number of thiocarbonyl (C=S) groups is 1. The van der Waals surface area contributed by atoms with Gasteiger partial charge in [-0.25, -0.2) is 0 Å². The van der Waals surface area contributed by atoms with E-state index in [4.69, 9.17) is 17.5 Å². The van der Waals surface area contributed by atoms with Crippen molar-refractivity contribution in [1.82, 2.24) is 10.2 Å². The quantitative estimate of drug-likeness (QED) is 0.777. The fraction of sp³-hybridized carbons (Fsp3) is 0.857. The van der Waals surface area contributed by atoms with E-state index in [1.807, 2.05) is 0 Å². The number of hydrogen-bond acceptors (Lipinski definition) is 2. The van der Waals surface area contributed by atoms with E-state index in [1.54, 1.807) is 0 Å². The summed E-state index contributed by atoms with van der Waals surface area (Å²) in [7, 11) is 0. The molecule has 0 atom stereocenters. The minimum Gasteiger partial charge on any atom is -0.360 e. The highest BCUT2D eigenvalue weighted by Gasteiger charge is 2.17. The third-order valence-electron chi connectivity index (χ3n) is 3.30. The van der Waals surface area contributed by atoms with Gasteiger partial charge >= 0.3 is 0 Å². The number of nitrogens with zero attached hydrogens (tertiary/aromatic N) is 2. The smallest absolute Gasteiger partial charge is 0.169 e. The Bertz CT molecular complexity index is 290. The topological polar surface area (TPSA) is 39.1 Å². The summed E-state index contributed by atoms with van der Waals surface area (Å²) in [6.07, 6.45) is 6.97. The number of rotatable bonds is 5. The van der Waals surface area contributed by atoms with Gasteiger partial charge in [0.2, 0.25) is 0 Å². The van der Waals surface area contributed by atoms with Crippen LogP contribution in [0.15, 0.2) is 0 Å². The highest BCUT2D eigenvalue weighted by molar-refractivity contribution is 7.80. The molecular formula is C14H25N3S. The normalized spacial score (nSPS) is 16.3. The molecule has 0 aromatic rings. The molecule has 1 rings (SSSR count). The summed E-state index contributed by atoms with van der Waals surface area (Å²) < 4.78 is 0. The van der Waals surface area contributed by atoms with Crippen LogP contribution in [-0.4, -0.2) is 29.1 Å². The van der Waals surface area contributed by atoms with Gasteiger partial charge in [0.05, 0.1) is 12.5 Å². The van der Waals surface area contributed by atoms with Crippen molar-refractivity contribution in [3.63, 3.8) is 0 Å². The molecule has 1 saturated carbocycles. The van der Waals surface area contributed by atoms with Gasteiger partial charge in [-0.15, -0.1) is 0 Å². The summed E-state index contributed by atoms with van der Waals surface area (Å²) in [6, 6.07) is 2.75. The fourth-order valence-corrected chi connectivity index (χ4v) is 2.75. The van der Waals surface area contributed by atoms with Crippen molar-refractivity contribution in [2.45, 2.75) is 58.4 Å². The molecule has 0 spiro atoms. The zero-order valence-electron chi connectivity index (χ0n) is 11.6. The monoisotopic (exact) mass is 267 g/mol. The average Bonchev–Trinajstić information content (AvgIpc) is 2.35. The largest absolute Gasteiger partial charge is 0.360 e. The molecule has 0 unspecified atom stereocenters. The van der Waals surface area contributed by atoms with Crippen LogP contribution >= 0.6 is 12.2 Å². The lowest BCUT2D eigenvalue weighted by atomic mass is 9.96. The van der Waals surface area contributed by atoms with E-state index in [2.05, 4.69) is 30.1 Å². The second kappa shape index (κ2) is 8.31. The van der Waals surface area contributed by atoms with Gasteiger partial charge in [0.25, 0.3) is 0 Å². The van der Waals surface area contributed by atoms with Gasteiger partial charge in [0.15, 0.2) is 5.11 Å². The number of hydrogen-bond donors (Lipinski definition) is 1. The molecule has 0 aliphatic heterocycles. The van der Waals surface area contributed by atoms with Crippen LogP contribution in [0.5, 0.6) is 0 Å². The summed E-state index contributed by atoms with van der Waals surface area (Å²) >= 11 is 5.49. The Labute approximate surface area is 117 Å². The van der Waals surface area contributed by atoms with Crippen LogP contribution in [0, 0.1) is 17.2 Å². The minimum atomic E-state index is 0.541. The Morgan fingerprint density at radius 1 is 1.39 bits per heavy atom. The lowest BCUT2D eigenvalue weighted by molar-refractivity contribution is 0.346. The highest BCUT2D eigenvalue weighted by atomic mass is 32.1. The van der Waals surface area contributed by atoms with Crippen LogP contribution in [0.2, 0.25) is 0 Å². The van der Waals surface area contributed by atoms with Gasteiger partial charge in [0, 0.05) is 19.1 Å². The van der Waals surface area contributed by atoms with Crippen molar-refractivity contribution in [3.05, 3.63) is 0 Å². The molecule has 1 N–H and O–H groups in total. The molecule has 0 bridgehead atoms. The summed E-state index contributed by atoms with van der Waals surface area (Å²) in [5.41, 5.74) is 0. The molecule has 3 nitrogen and oxygen atoms in total. The first-order valence-corrected chi connectivity index (χ1v) is 7.46. The molecule has 1 aliphatic carbocycles. The first-order chi connectivity index (χ1) is 8.63. The average molecular weight is 267 g/mol. The molecule has 4 heteroatoms. The van der Waals surface area contributed by atoms with Gasteiger partial charge in [-0.2, -0.15) is 5.26 Å². The van der Waals surface area contributed by atoms with Crippen LogP contribution in [0.1, 0.15) is 52.4 Å². The van der Waals surface area contributed by atoms with Gasteiger partial charge < -0.3 is 10.2 Å². The predicted octanol–water partition coefficient (Wildman–Crippen LogP) is 3.07. The van der Waals surface area contributed by atoms with Crippen LogP contribution in [0.4, 0.5) is 0 Å². The van der Waals surface area contributed by atoms with E-state index in [-0.39, 0.29) is 0 Å². The Morgan fingerprint density at radius 3 is 2.61 bits per heavy atom. The molecule has 102 valence electrons. The van der Waals surface area contributed by atoms with Crippen LogP contribution < -0.4 is 5.32 Å². The summed E-state index contributed by atoms with van der Waals surface area (Å²) in [5.74, 6) is 0.565. The molecule has 0 saturated heterocycles. The van der Waals surface area contributed by atoms with E-state index in [0.717, 1.165) is 18.2 Å². The Morgan fingerprint density at radius 2 is 2.06 bits per heavy atom.